The molecule has 1 aliphatic heterocycles. The SMILES string of the molecule is CCOc1ccc([C@H]2NC(=S)NC(C)=C2C(=O)OCc2ccccc2)cc1OCC. The molecule has 2 N–H and O–H groups in total. The molecule has 7 heteroatoms. The van der Waals surface area contributed by atoms with Gasteiger partial charge in [0, 0.05) is 5.70 Å². The van der Waals surface area contributed by atoms with E-state index in [1.54, 1.807) is 0 Å². The highest BCUT2D eigenvalue weighted by Gasteiger charge is 2.31. The Morgan fingerprint density at radius 1 is 1.03 bits per heavy atom. The van der Waals surface area contributed by atoms with E-state index in [4.69, 9.17) is 26.4 Å². The van der Waals surface area contributed by atoms with E-state index in [-0.39, 0.29) is 6.61 Å². The largest absolute Gasteiger partial charge is 0.490 e. The quantitative estimate of drug-likeness (QED) is 0.488. The Morgan fingerprint density at radius 3 is 2.43 bits per heavy atom. The zero-order chi connectivity index (χ0) is 21.5. The molecular formula is C23H26N2O4S. The van der Waals surface area contributed by atoms with Crippen LogP contribution in [0.15, 0.2) is 59.8 Å². The van der Waals surface area contributed by atoms with E-state index in [9.17, 15) is 4.79 Å². The first-order valence-corrected chi connectivity index (χ1v) is 10.3. The first-order chi connectivity index (χ1) is 14.5. The molecule has 1 heterocycles. The Kier molecular flexibility index (Phi) is 7.30. The predicted octanol–water partition coefficient (Wildman–Crippen LogP) is 4.02. The van der Waals surface area contributed by atoms with Gasteiger partial charge in [0.15, 0.2) is 16.6 Å². The van der Waals surface area contributed by atoms with Gasteiger partial charge < -0.3 is 24.8 Å². The van der Waals surface area contributed by atoms with E-state index in [1.165, 1.54) is 0 Å². The van der Waals surface area contributed by atoms with Gasteiger partial charge in [-0.3, -0.25) is 0 Å². The van der Waals surface area contributed by atoms with Crippen molar-refractivity contribution in [2.75, 3.05) is 13.2 Å². The van der Waals surface area contributed by atoms with Gasteiger partial charge in [0.25, 0.3) is 0 Å². The van der Waals surface area contributed by atoms with Gasteiger partial charge in [-0.15, -0.1) is 0 Å². The smallest absolute Gasteiger partial charge is 0.338 e. The number of allylic oxidation sites excluding steroid dienone is 1. The van der Waals surface area contributed by atoms with Crippen molar-refractivity contribution in [1.29, 1.82) is 0 Å². The van der Waals surface area contributed by atoms with Crippen LogP contribution in [0.2, 0.25) is 0 Å². The van der Waals surface area contributed by atoms with Gasteiger partial charge in [-0.1, -0.05) is 36.4 Å². The molecule has 0 saturated heterocycles. The molecule has 0 fully saturated rings. The van der Waals surface area contributed by atoms with Gasteiger partial charge in [-0.25, -0.2) is 4.79 Å². The molecule has 0 saturated carbocycles. The van der Waals surface area contributed by atoms with Crippen molar-refractivity contribution in [3.05, 3.63) is 70.9 Å². The lowest BCUT2D eigenvalue weighted by Crippen LogP contribution is -2.45. The highest BCUT2D eigenvalue weighted by Crippen LogP contribution is 2.35. The molecule has 158 valence electrons. The second-order valence-electron chi connectivity index (χ2n) is 6.70. The van der Waals surface area contributed by atoms with E-state index >= 15 is 0 Å². The summed E-state index contributed by atoms with van der Waals surface area (Å²) >= 11 is 5.33. The number of nitrogens with one attached hydrogen (secondary N) is 2. The topological polar surface area (TPSA) is 68.8 Å². The summed E-state index contributed by atoms with van der Waals surface area (Å²) in [6.45, 7) is 6.88. The minimum Gasteiger partial charge on any atom is -0.490 e. The van der Waals surface area contributed by atoms with E-state index < -0.39 is 12.0 Å². The van der Waals surface area contributed by atoms with Gasteiger partial charge in [-0.2, -0.15) is 0 Å². The molecule has 3 rings (SSSR count). The lowest BCUT2D eigenvalue weighted by molar-refractivity contribution is -0.140. The van der Waals surface area contributed by atoms with Gasteiger partial charge in [0.2, 0.25) is 0 Å². The number of ether oxygens (including phenoxy) is 3. The number of hydrogen-bond acceptors (Lipinski definition) is 5. The number of thiocarbonyl (C=S) groups is 1. The van der Waals surface area contributed by atoms with Gasteiger partial charge >= 0.3 is 5.97 Å². The highest BCUT2D eigenvalue weighted by atomic mass is 32.1. The number of benzene rings is 2. The van der Waals surface area contributed by atoms with Crippen molar-refractivity contribution in [3.8, 4) is 11.5 Å². The highest BCUT2D eigenvalue weighted by molar-refractivity contribution is 7.80. The summed E-state index contributed by atoms with van der Waals surface area (Å²) in [5.74, 6) is 0.877. The van der Waals surface area contributed by atoms with Crippen LogP contribution in [0.5, 0.6) is 11.5 Å². The Morgan fingerprint density at radius 2 is 1.73 bits per heavy atom. The molecule has 0 bridgehead atoms. The Balaban J connectivity index is 1.89. The third kappa shape index (κ3) is 5.10. The van der Waals surface area contributed by atoms with Crippen molar-refractivity contribution in [2.45, 2.75) is 33.4 Å². The maximum atomic E-state index is 13.0. The summed E-state index contributed by atoms with van der Waals surface area (Å²) in [5.41, 5.74) is 2.89. The Labute approximate surface area is 182 Å². The number of hydrogen-bond donors (Lipinski definition) is 2. The second kappa shape index (κ2) is 10.1. The molecular weight excluding hydrogens is 400 g/mol. The molecule has 0 aromatic heterocycles. The molecule has 1 atom stereocenters. The lowest BCUT2D eigenvalue weighted by Gasteiger charge is -2.30. The summed E-state index contributed by atoms with van der Waals surface area (Å²) in [4.78, 5) is 13.0. The molecule has 0 spiro atoms. The Hall–Kier alpha value is -3.06. The summed E-state index contributed by atoms with van der Waals surface area (Å²) < 4.78 is 17.0. The first kappa shape index (κ1) is 21.6. The van der Waals surface area contributed by atoms with Crippen LogP contribution in [0, 0.1) is 0 Å². The molecule has 0 unspecified atom stereocenters. The van der Waals surface area contributed by atoms with Gasteiger partial charge in [-0.05, 0) is 56.2 Å². The van der Waals surface area contributed by atoms with E-state index in [2.05, 4.69) is 10.6 Å². The number of rotatable bonds is 8. The molecule has 6 nitrogen and oxygen atoms in total. The van der Waals surface area contributed by atoms with Crippen molar-refractivity contribution in [2.24, 2.45) is 0 Å². The molecule has 0 aliphatic carbocycles. The van der Waals surface area contributed by atoms with Crippen LogP contribution < -0.4 is 20.1 Å². The standard InChI is InChI=1S/C23H26N2O4S/c1-4-27-18-12-11-17(13-19(18)28-5-2)21-20(15(3)24-23(30)25-21)22(26)29-14-16-9-7-6-8-10-16/h6-13,21H,4-5,14H2,1-3H3,(H2,24,25,30)/t21-/m1/s1. The van der Waals surface area contributed by atoms with E-state index in [0.717, 1.165) is 11.1 Å². The normalized spacial score (nSPS) is 15.8. The third-order valence-corrected chi connectivity index (χ3v) is 4.82. The molecule has 1 aliphatic rings. The molecule has 0 amide bonds. The van der Waals surface area contributed by atoms with E-state index in [1.807, 2.05) is 69.3 Å². The molecule has 2 aromatic rings. The average molecular weight is 427 g/mol. The van der Waals surface area contributed by atoms with Crippen molar-refractivity contribution >= 4 is 23.3 Å². The van der Waals surface area contributed by atoms with Crippen LogP contribution in [0.25, 0.3) is 0 Å². The fourth-order valence-electron chi connectivity index (χ4n) is 3.26. The summed E-state index contributed by atoms with van der Waals surface area (Å²) in [7, 11) is 0. The average Bonchev–Trinajstić information content (AvgIpc) is 2.74. The Bertz CT molecular complexity index is 943. The van der Waals surface area contributed by atoms with Crippen LogP contribution in [0.4, 0.5) is 0 Å². The minimum atomic E-state index is -0.461. The first-order valence-electron chi connectivity index (χ1n) is 9.92. The van der Waals surface area contributed by atoms with Crippen molar-refractivity contribution in [3.63, 3.8) is 0 Å². The second-order valence-corrected chi connectivity index (χ2v) is 7.11. The number of esters is 1. The fraction of sp³-hybridized carbons (Fsp3) is 0.304. The third-order valence-electron chi connectivity index (χ3n) is 4.60. The van der Waals surface area contributed by atoms with E-state index in [0.29, 0.717) is 41.1 Å². The van der Waals surface area contributed by atoms with Crippen LogP contribution >= 0.6 is 12.2 Å². The number of carbonyl (C=O) groups is 1. The maximum Gasteiger partial charge on any atom is 0.338 e. The zero-order valence-electron chi connectivity index (χ0n) is 17.4. The van der Waals surface area contributed by atoms with Crippen LogP contribution in [-0.2, 0) is 16.1 Å². The summed E-state index contributed by atoms with van der Waals surface area (Å²) in [6.07, 6.45) is 0. The molecule has 2 aromatic carbocycles. The fourth-order valence-corrected chi connectivity index (χ4v) is 3.53. The zero-order valence-corrected chi connectivity index (χ0v) is 18.2. The molecule has 0 radical (unpaired) electrons. The maximum absolute atomic E-state index is 13.0. The summed E-state index contributed by atoms with van der Waals surface area (Å²) in [6, 6.07) is 14.7. The predicted molar refractivity (Wildman–Crippen MR) is 119 cm³/mol. The van der Waals surface area contributed by atoms with Gasteiger partial charge in [0.05, 0.1) is 24.8 Å². The minimum absolute atomic E-state index is 0.196. The van der Waals surface area contributed by atoms with Crippen LogP contribution in [0.1, 0.15) is 37.9 Å². The molecule has 30 heavy (non-hydrogen) atoms. The van der Waals surface area contributed by atoms with Crippen molar-refractivity contribution < 1.29 is 19.0 Å². The summed E-state index contributed by atoms with van der Waals surface area (Å²) in [5, 5.41) is 6.65. The van der Waals surface area contributed by atoms with Gasteiger partial charge in [0.1, 0.15) is 6.61 Å². The van der Waals surface area contributed by atoms with Crippen LogP contribution in [-0.4, -0.2) is 24.3 Å². The monoisotopic (exact) mass is 426 g/mol. The number of carbonyl (C=O) groups excluding carboxylic acids is 1. The van der Waals surface area contributed by atoms with Crippen molar-refractivity contribution in [1.82, 2.24) is 10.6 Å². The lowest BCUT2D eigenvalue weighted by atomic mass is 9.95. The van der Waals surface area contributed by atoms with Crippen LogP contribution in [0.3, 0.4) is 0 Å².